The van der Waals surface area contributed by atoms with E-state index in [4.69, 9.17) is 21.1 Å². The molecule has 7 heteroatoms. The van der Waals surface area contributed by atoms with Gasteiger partial charge in [-0.05, 0) is 71.6 Å². The van der Waals surface area contributed by atoms with E-state index in [9.17, 15) is 14.0 Å². The summed E-state index contributed by atoms with van der Waals surface area (Å²) in [6, 6.07) is 20.1. The van der Waals surface area contributed by atoms with Gasteiger partial charge in [-0.2, -0.15) is 0 Å². The summed E-state index contributed by atoms with van der Waals surface area (Å²) >= 11 is 6.95. The summed E-state index contributed by atoms with van der Waals surface area (Å²) in [4.78, 5) is 30.8. The predicted molar refractivity (Wildman–Crippen MR) is 178 cm³/mol. The lowest BCUT2D eigenvalue weighted by Gasteiger charge is -2.49. The lowest BCUT2D eigenvalue weighted by molar-refractivity contribution is -0.119. The maximum absolute atomic E-state index is 14.2. The van der Waals surface area contributed by atoms with Gasteiger partial charge in [0.05, 0.1) is 11.6 Å². The van der Waals surface area contributed by atoms with Crippen molar-refractivity contribution in [1.29, 1.82) is 0 Å². The second kappa shape index (κ2) is 12.4. The summed E-state index contributed by atoms with van der Waals surface area (Å²) in [5.41, 5.74) is 5.36. The highest BCUT2D eigenvalue weighted by Crippen LogP contribution is 2.56. The average Bonchev–Trinajstić information content (AvgIpc) is 2.97. The molecule has 0 fully saturated rings. The van der Waals surface area contributed by atoms with E-state index < -0.39 is 5.92 Å². The number of nitrogens with zero attached hydrogens (tertiary/aromatic N) is 1. The first kappa shape index (κ1) is 32.1. The van der Waals surface area contributed by atoms with E-state index in [0.29, 0.717) is 72.1 Å². The molecule has 5 nitrogen and oxygen atoms in total. The third-order valence-electron chi connectivity index (χ3n) is 9.14. The molecular formula is C39H41ClFNO4. The van der Waals surface area contributed by atoms with Crippen molar-refractivity contribution >= 4 is 23.2 Å². The molecule has 3 aromatic rings. The number of ether oxygens (including phenoxy) is 2. The highest BCUT2D eigenvalue weighted by atomic mass is 35.5. The van der Waals surface area contributed by atoms with Crippen LogP contribution in [-0.4, -0.2) is 23.1 Å². The third-order valence-corrected chi connectivity index (χ3v) is 9.42. The summed E-state index contributed by atoms with van der Waals surface area (Å²) in [7, 11) is 0. The maximum Gasteiger partial charge on any atom is 0.180 e. The number of carbonyl (C=O) groups is 2. The normalized spacial score (nSPS) is 19.2. The Morgan fingerprint density at radius 3 is 2.00 bits per heavy atom. The van der Waals surface area contributed by atoms with Gasteiger partial charge in [0.2, 0.25) is 0 Å². The first-order valence-corrected chi connectivity index (χ1v) is 16.4. The highest BCUT2D eigenvalue weighted by Gasteiger charge is 2.49. The molecule has 0 saturated heterocycles. The Hall–Kier alpha value is -3.90. The molecule has 3 aromatic carbocycles. The van der Waals surface area contributed by atoms with Crippen molar-refractivity contribution in [3.63, 3.8) is 0 Å². The molecule has 0 bridgehead atoms. The SMILES string of the molecule is CCOc1cc(C2C3=C(CC(C)(C)CC3=O)N(Cc3ccccc3)C3=C2C(=O)CC(C)(C)C3)cc(Cl)c1OCc1cccc(F)c1. The van der Waals surface area contributed by atoms with Gasteiger partial charge < -0.3 is 14.4 Å². The molecule has 3 aliphatic rings. The molecule has 0 aromatic heterocycles. The van der Waals surface area contributed by atoms with Gasteiger partial charge >= 0.3 is 0 Å². The summed E-state index contributed by atoms with van der Waals surface area (Å²) in [5, 5.41) is 0.306. The Balaban J connectivity index is 1.51. The Morgan fingerprint density at radius 1 is 0.804 bits per heavy atom. The fraction of sp³-hybridized carbons (Fsp3) is 0.385. The second-order valence-electron chi connectivity index (χ2n) is 14.3. The van der Waals surface area contributed by atoms with E-state index in [2.05, 4.69) is 44.7 Å². The molecule has 0 radical (unpaired) electrons. The fourth-order valence-electron chi connectivity index (χ4n) is 7.28. The minimum Gasteiger partial charge on any atom is -0.490 e. The molecule has 240 valence electrons. The summed E-state index contributed by atoms with van der Waals surface area (Å²) in [5.74, 6) is -0.0468. The molecule has 0 amide bonds. The second-order valence-corrected chi connectivity index (χ2v) is 14.7. The minimum atomic E-state index is -0.571. The average molecular weight is 642 g/mol. The third kappa shape index (κ3) is 6.37. The number of hydrogen-bond donors (Lipinski definition) is 0. The summed E-state index contributed by atoms with van der Waals surface area (Å²) in [6.07, 6.45) is 2.21. The number of Topliss-reactive ketones (excluding diaryl/α,β-unsaturated/α-hetero) is 2. The van der Waals surface area contributed by atoms with Crippen molar-refractivity contribution in [3.05, 3.63) is 117 Å². The van der Waals surface area contributed by atoms with Gasteiger partial charge in [-0.15, -0.1) is 0 Å². The van der Waals surface area contributed by atoms with E-state index in [0.717, 1.165) is 22.5 Å². The van der Waals surface area contributed by atoms with Crippen LogP contribution in [0.25, 0.3) is 0 Å². The number of benzene rings is 3. The number of hydrogen-bond acceptors (Lipinski definition) is 5. The van der Waals surface area contributed by atoms with Gasteiger partial charge in [0.15, 0.2) is 23.1 Å². The van der Waals surface area contributed by atoms with Crippen LogP contribution in [0.1, 0.15) is 82.9 Å². The van der Waals surface area contributed by atoms with Crippen LogP contribution in [-0.2, 0) is 22.7 Å². The summed E-state index contributed by atoms with van der Waals surface area (Å²) in [6.45, 7) is 11.5. The predicted octanol–water partition coefficient (Wildman–Crippen LogP) is 9.34. The number of halogens is 2. The maximum atomic E-state index is 14.2. The van der Waals surface area contributed by atoms with Crippen LogP contribution >= 0.6 is 11.6 Å². The van der Waals surface area contributed by atoms with Crippen LogP contribution < -0.4 is 9.47 Å². The molecule has 0 atom stereocenters. The Labute approximate surface area is 276 Å². The monoisotopic (exact) mass is 641 g/mol. The van der Waals surface area contributed by atoms with Gasteiger partial charge in [0.1, 0.15) is 12.4 Å². The molecule has 6 rings (SSSR count). The van der Waals surface area contributed by atoms with Crippen molar-refractivity contribution < 1.29 is 23.5 Å². The fourth-order valence-corrected chi connectivity index (χ4v) is 7.55. The standard InChI is InChI=1S/C39H41ClFNO4/c1-6-45-33-17-26(16-28(40)37(33)46-23-25-13-10-14-27(41)15-25)34-35-29(18-38(2,3)20-31(35)43)42(22-24-11-8-7-9-12-24)30-19-39(4,5)21-32(44)36(30)34/h7-17,34H,6,18-23H2,1-5H3. The van der Waals surface area contributed by atoms with Crippen molar-refractivity contribution in [2.75, 3.05) is 6.61 Å². The first-order valence-electron chi connectivity index (χ1n) is 16.0. The smallest absolute Gasteiger partial charge is 0.180 e. The molecule has 1 heterocycles. The molecule has 0 N–H and O–H groups in total. The Bertz CT molecular complexity index is 1700. The van der Waals surface area contributed by atoms with Gasteiger partial charge in [-0.1, -0.05) is 81.8 Å². The van der Waals surface area contributed by atoms with Crippen molar-refractivity contribution in [2.45, 2.75) is 79.4 Å². The zero-order valence-corrected chi connectivity index (χ0v) is 28.0. The van der Waals surface area contributed by atoms with Gasteiger partial charge in [0.25, 0.3) is 0 Å². The van der Waals surface area contributed by atoms with Crippen LogP contribution in [0.2, 0.25) is 5.02 Å². The number of allylic oxidation sites excluding steroid dienone is 4. The highest BCUT2D eigenvalue weighted by molar-refractivity contribution is 6.32. The molecule has 0 unspecified atom stereocenters. The van der Waals surface area contributed by atoms with Gasteiger partial charge in [-0.3, -0.25) is 9.59 Å². The number of carbonyl (C=O) groups excluding carboxylic acids is 2. The zero-order chi connectivity index (χ0) is 32.8. The molecule has 1 aliphatic heterocycles. The molecular weight excluding hydrogens is 601 g/mol. The molecule has 2 aliphatic carbocycles. The van der Waals surface area contributed by atoms with Crippen LogP contribution in [0.15, 0.2) is 89.3 Å². The molecule has 0 saturated carbocycles. The van der Waals surface area contributed by atoms with Crippen LogP contribution in [0.4, 0.5) is 4.39 Å². The Morgan fingerprint density at radius 2 is 1.41 bits per heavy atom. The zero-order valence-electron chi connectivity index (χ0n) is 27.2. The number of ketones is 2. The van der Waals surface area contributed by atoms with Crippen molar-refractivity contribution in [1.82, 2.24) is 4.90 Å². The first-order chi connectivity index (χ1) is 21.9. The van der Waals surface area contributed by atoms with Crippen molar-refractivity contribution in [3.8, 4) is 11.5 Å². The molecule has 46 heavy (non-hydrogen) atoms. The van der Waals surface area contributed by atoms with Crippen LogP contribution in [0.3, 0.4) is 0 Å². The minimum absolute atomic E-state index is 0.0546. The lowest BCUT2D eigenvalue weighted by Crippen LogP contribution is -2.44. The van der Waals surface area contributed by atoms with E-state index in [-0.39, 0.29) is 34.8 Å². The van der Waals surface area contributed by atoms with Crippen molar-refractivity contribution in [2.24, 2.45) is 10.8 Å². The largest absolute Gasteiger partial charge is 0.490 e. The number of rotatable bonds is 8. The van der Waals surface area contributed by atoms with Crippen LogP contribution in [0.5, 0.6) is 11.5 Å². The van der Waals surface area contributed by atoms with Crippen LogP contribution in [0, 0.1) is 16.6 Å². The Kier molecular flexibility index (Phi) is 8.62. The summed E-state index contributed by atoms with van der Waals surface area (Å²) < 4.78 is 26.0. The van der Waals surface area contributed by atoms with Gasteiger partial charge in [0, 0.05) is 47.8 Å². The topological polar surface area (TPSA) is 55.8 Å². The lowest BCUT2D eigenvalue weighted by atomic mass is 9.63. The quantitative estimate of drug-likeness (QED) is 0.245. The van der Waals surface area contributed by atoms with Gasteiger partial charge in [-0.25, -0.2) is 4.39 Å². The van der Waals surface area contributed by atoms with E-state index in [1.54, 1.807) is 18.2 Å². The molecule has 0 spiro atoms. The van der Waals surface area contributed by atoms with E-state index in [1.807, 2.05) is 31.2 Å². The van der Waals surface area contributed by atoms with E-state index >= 15 is 0 Å². The van der Waals surface area contributed by atoms with E-state index in [1.165, 1.54) is 12.1 Å².